The Morgan fingerprint density at radius 1 is 0.696 bits per heavy atom. The van der Waals surface area contributed by atoms with Gasteiger partial charge in [0.15, 0.2) is 0 Å². The summed E-state index contributed by atoms with van der Waals surface area (Å²) in [5.41, 5.74) is 0. The van der Waals surface area contributed by atoms with Crippen molar-refractivity contribution in [3.63, 3.8) is 0 Å². The second kappa shape index (κ2) is 16.6. The lowest BCUT2D eigenvalue weighted by atomic mass is 10.0. The van der Waals surface area contributed by atoms with Gasteiger partial charge < -0.3 is 5.11 Å². The molecular weight excluding hydrogens is 336 g/mol. The molecule has 0 atom stereocenters. The molecule has 1 N–H and O–H groups in total. The Hall–Kier alpha value is -0.290. The molecule has 0 aliphatic heterocycles. The predicted molar refractivity (Wildman–Crippen MR) is 99.2 cm³/mol. The first kappa shape index (κ1) is 25.0. The fourth-order valence-electron chi connectivity index (χ4n) is 2.59. The first-order valence-corrected chi connectivity index (χ1v) is 10.9. The van der Waals surface area contributed by atoms with Gasteiger partial charge in [-0.3, -0.25) is 4.79 Å². The molecule has 0 saturated heterocycles. The Labute approximate surface area is 148 Å². The Morgan fingerprint density at radius 2 is 1.00 bits per heavy atom. The number of carboxylic acids is 1. The Bertz CT molecular complexity index is 369. The van der Waals surface area contributed by atoms with Crippen LogP contribution in [0.2, 0.25) is 0 Å². The Kier molecular flexibility index (Phi) is 18.0. The highest BCUT2D eigenvalue weighted by Gasteiger charge is 2.01. The van der Waals surface area contributed by atoms with E-state index in [-0.39, 0.29) is 12.4 Å². The van der Waals surface area contributed by atoms with Crippen LogP contribution >= 0.6 is 12.4 Å². The SMILES string of the molecule is CS(=O)(=O)CCCCCCCCCCCCCCCC(=O)O.Cl. The van der Waals surface area contributed by atoms with Crippen LogP contribution in [0.1, 0.15) is 89.9 Å². The van der Waals surface area contributed by atoms with E-state index in [4.69, 9.17) is 5.11 Å². The standard InChI is InChI=1S/C17H34O4S.ClH/c1-22(20,21)16-14-12-10-8-6-4-2-3-5-7-9-11-13-15-17(18)19;/h2-16H2,1H3,(H,18,19);1H. The normalized spacial score (nSPS) is 11.2. The van der Waals surface area contributed by atoms with Gasteiger partial charge in [-0.2, -0.15) is 0 Å². The van der Waals surface area contributed by atoms with E-state index < -0.39 is 15.8 Å². The highest BCUT2D eigenvalue weighted by molar-refractivity contribution is 7.90. The third kappa shape index (κ3) is 24.1. The zero-order valence-corrected chi connectivity index (χ0v) is 16.2. The summed E-state index contributed by atoms with van der Waals surface area (Å²) in [6.45, 7) is 0. The van der Waals surface area contributed by atoms with Crippen molar-refractivity contribution < 1.29 is 18.3 Å². The van der Waals surface area contributed by atoms with E-state index in [1.807, 2.05) is 0 Å². The third-order valence-electron chi connectivity index (χ3n) is 3.91. The summed E-state index contributed by atoms with van der Waals surface area (Å²) in [6, 6.07) is 0. The molecule has 6 heteroatoms. The lowest BCUT2D eigenvalue weighted by Gasteiger charge is -2.03. The summed E-state index contributed by atoms with van der Waals surface area (Å²) in [6.07, 6.45) is 16.5. The molecule has 0 radical (unpaired) electrons. The van der Waals surface area contributed by atoms with Crippen LogP contribution < -0.4 is 0 Å². The maximum atomic E-state index is 11.0. The van der Waals surface area contributed by atoms with Crippen LogP contribution in [0.3, 0.4) is 0 Å². The van der Waals surface area contributed by atoms with Crippen molar-refractivity contribution in [2.24, 2.45) is 0 Å². The number of aliphatic carboxylic acids is 1. The number of carbonyl (C=O) groups is 1. The molecule has 23 heavy (non-hydrogen) atoms. The largest absolute Gasteiger partial charge is 0.481 e. The van der Waals surface area contributed by atoms with Gasteiger partial charge in [-0.15, -0.1) is 12.4 Å². The van der Waals surface area contributed by atoms with E-state index in [1.54, 1.807) is 0 Å². The van der Waals surface area contributed by atoms with Crippen LogP contribution in [-0.2, 0) is 14.6 Å². The topological polar surface area (TPSA) is 71.4 Å². The Balaban J connectivity index is 0. The van der Waals surface area contributed by atoms with Gasteiger partial charge in [0.2, 0.25) is 0 Å². The van der Waals surface area contributed by atoms with Gasteiger partial charge in [0.1, 0.15) is 9.84 Å². The maximum Gasteiger partial charge on any atom is 0.303 e. The van der Waals surface area contributed by atoms with Crippen LogP contribution in [0, 0.1) is 0 Å². The summed E-state index contributed by atoms with van der Waals surface area (Å²) in [7, 11) is -2.77. The molecule has 0 unspecified atom stereocenters. The maximum absolute atomic E-state index is 11.0. The summed E-state index contributed by atoms with van der Waals surface area (Å²) in [5.74, 6) is -0.351. The fourth-order valence-corrected chi connectivity index (χ4v) is 3.31. The molecule has 0 rings (SSSR count). The summed E-state index contributed by atoms with van der Waals surface area (Å²) in [4.78, 5) is 10.3. The van der Waals surface area contributed by atoms with Crippen molar-refractivity contribution in [3.05, 3.63) is 0 Å². The first-order valence-electron chi connectivity index (χ1n) is 8.81. The van der Waals surface area contributed by atoms with E-state index in [0.717, 1.165) is 38.5 Å². The van der Waals surface area contributed by atoms with Crippen molar-refractivity contribution in [1.29, 1.82) is 0 Å². The van der Waals surface area contributed by atoms with E-state index in [2.05, 4.69) is 0 Å². The third-order valence-corrected chi connectivity index (χ3v) is 4.94. The average molecular weight is 371 g/mol. The van der Waals surface area contributed by atoms with Gasteiger partial charge in [0.25, 0.3) is 0 Å². The van der Waals surface area contributed by atoms with Gasteiger partial charge in [-0.05, 0) is 12.8 Å². The molecule has 0 aromatic rings. The molecule has 0 spiro atoms. The lowest BCUT2D eigenvalue weighted by Crippen LogP contribution is -2.02. The summed E-state index contributed by atoms with van der Waals surface area (Å²) >= 11 is 0. The van der Waals surface area contributed by atoms with Crippen molar-refractivity contribution in [3.8, 4) is 0 Å². The number of hydrogen-bond donors (Lipinski definition) is 1. The molecule has 140 valence electrons. The highest BCUT2D eigenvalue weighted by Crippen LogP contribution is 2.13. The second-order valence-corrected chi connectivity index (χ2v) is 8.63. The van der Waals surface area contributed by atoms with E-state index >= 15 is 0 Å². The zero-order chi connectivity index (χ0) is 16.7. The quantitative estimate of drug-likeness (QED) is 0.388. The smallest absolute Gasteiger partial charge is 0.303 e. The lowest BCUT2D eigenvalue weighted by molar-refractivity contribution is -0.137. The highest BCUT2D eigenvalue weighted by atomic mass is 35.5. The fraction of sp³-hybridized carbons (Fsp3) is 0.941. The number of hydrogen-bond acceptors (Lipinski definition) is 3. The minimum atomic E-state index is -2.77. The minimum absolute atomic E-state index is 0. The number of rotatable bonds is 16. The van der Waals surface area contributed by atoms with Gasteiger partial charge in [0, 0.05) is 18.4 Å². The second-order valence-electron chi connectivity index (χ2n) is 6.37. The number of sulfone groups is 1. The molecule has 0 fully saturated rings. The Morgan fingerprint density at radius 3 is 1.30 bits per heavy atom. The van der Waals surface area contributed by atoms with Crippen LogP contribution in [0.25, 0.3) is 0 Å². The van der Waals surface area contributed by atoms with Gasteiger partial charge >= 0.3 is 5.97 Å². The number of carboxylic acid groups (broad SMARTS) is 1. The van der Waals surface area contributed by atoms with Gasteiger partial charge in [-0.25, -0.2) is 8.42 Å². The molecule has 0 aromatic heterocycles. The molecule has 0 aliphatic carbocycles. The molecule has 0 aliphatic rings. The molecule has 0 saturated carbocycles. The summed E-state index contributed by atoms with van der Waals surface area (Å²) in [5, 5.41) is 8.51. The van der Waals surface area contributed by atoms with Gasteiger partial charge in [0.05, 0.1) is 0 Å². The number of unbranched alkanes of at least 4 members (excludes halogenated alkanes) is 12. The van der Waals surface area contributed by atoms with Gasteiger partial charge in [-0.1, -0.05) is 70.6 Å². The minimum Gasteiger partial charge on any atom is -0.481 e. The van der Waals surface area contributed by atoms with E-state index in [9.17, 15) is 13.2 Å². The number of halogens is 1. The van der Waals surface area contributed by atoms with Crippen molar-refractivity contribution in [2.75, 3.05) is 12.0 Å². The van der Waals surface area contributed by atoms with Crippen LogP contribution in [0.5, 0.6) is 0 Å². The average Bonchev–Trinajstić information content (AvgIpc) is 2.41. The van der Waals surface area contributed by atoms with Crippen LogP contribution in [-0.4, -0.2) is 31.5 Å². The zero-order valence-electron chi connectivity index (χ0n) is 14.6. The summed E-state index contributed by atoms with van der Waals surface area (Å²) < 4.78 is 21.9. The molecule has 4 nitrogen and oxygen atoms in total. The predicted octanol–water partition coefficient (Wildman–Crippen LogP) is 5.00. The molecule has 0 amide bonds. The first-order chi connectivity index (χ1) is 10.4. The van der Waals surface area contributed by atoms with E-state index in [0.29, 0.717) is 12.2 Å². The van der Waals surface area contributed by atoms with Crippen LogP contribution in [0.4, 0.5) is 0 Å². The molecular formula is C17H35ClO4S. The molecule has 0 bridgehead atoms. The van der Waals surface area contributed by atoms with Crippen molar-refractivity contribution in [2.45, 2.75) is 89.9 Å². The monoisotopic (exact) mass is 370 g/mol. The molecule has 0 heterocycles. The van der Waals surface area contributed by atoms with Crippen molar-refractivity contribution in [1.82, 2.24) is 0 Å². The van der Waals surface area contributed by atoms with Crippen LogP contribution in [0.15, 0.2) is 0 Å². The van der Waals surface area contributed by atoms with E-state index in [1.165, 1.54) is 51.2 Å². The molecule has 0 aromatic carbocycles. The van der Waals surface area contributed by atoms with Crippen molar-refractivity contribution >= 4 is 28.2 Å².